The molecule has 0 bridgehead atoms. The molecule has 2 atom stereocenters. The second kappa shape index (κ2) is 9.63. The molecule has 1 aliphatic carbocycles. The summed E-state index contributed by atoms with van der Waals surface area (Å²) in [6.45, 7) is 5.68. The van der Waals surface area contributed by atoms with Gasteiger partial charge in [-0.25, -0.2) is 13.4 Å². The van der Waals surface area contributed by atoms with Gasteiger partial charge < -0.3 is 5.32 Å². The highest BCUT2D eigenvalue weighted by Gasteiger charge is 2.28. The zero-order valence-corrected chi connectivity index (χ0v) is 19.3. The number of aromatic nitrogens is 2. The molecule has 33 heavy (non-hydrogen) atoms. The Labute approximate surface area is 190 Å². The third-order valence-corrected chi connectivity index (χ3v) is 7.54. The highest BCUT2D eigenvalue weighted by atomic mass is 32.2. The Morgan fingerprint density at radius 3 is 2.64 bits per heavy atom. The molecule has 1 aromatic heterocycles. The van der Waals surface area contributed by atoms with Crippen molar-refractivity contribution in [1.82, 2.24) is 19.2 Å². The molecule has 0 radical (unpaired) electrons. The Hall–Kier alpha value is -3.38. The van der Waals surface area contributed by atoms with Crippen LogP contribution in [0.15, 0.2) is 52.5 Å². The molecule has 3 rings (SSSR count). The molecule has 176 valence electrons. The van der Waals surface area contributed by atoms with Gasteiger partial charge >= 0.3 is 0 Å². The second-order valence-electron chi connectivity index (χ2n) is 7.61. The van der Waals surface area contributed by atoms with Gasteiger partial charge in [0, 0.05) is 25.2 Å². The van der Waals surface area contributed by atoms with Crippen LogP contribution in [0.2, 0.25) is 0 Å². The molecule has 1 amide bonds. The molecule has 0 saturated carbocycles. The molecule has 1 N–H and O–H groups in total. The lowest BCUT2D eigenvalue weighted by Gasteiger charge is -2.26. The third-order valence-electron chi connectivity index (χ3n) is 5.48. The Bertz CT molecular complexity index is 1310. The minimum Gasteiger partial charge on any atom is -0.348 e. The first kappa shape index (κ1) is 24.3. The fraction of sp³-hybridized carbons (Fsp3) is 0.381. The molecule has 2 unspecified atom stereocenters. The minimum absolute atomic E-state index is 0.112. The maximum Gasteiger partial charge on any atom is 0.271 e. The summed E-state index contributed by atoms with van der Waals surface area (Å²) in [5, 5.41) is 13.8. The third kappa shape index (κ3) is 5.01. The van der Waals surface area contributed by atoms with Crippen molar-refractivity contribution in [3.8, 4) is 0 Å². The molecule has 0 fully saturated rings. The van der Waals surface area contributed by atoms with Crippen molar-refractivity contribution in [2.75, 3.05) is 13.1 Å². The number of non-ortho nitro benzene ring substituents is 1. The first-order chi connectivity index (χ1) is 15.6. The van der Waals surface area contributed by atoms with E-state index in [0.29, 0.717) is 13.1 Å². The average molecular weight is 476 g/mol. The highest BCUT2D eigenvalue weighted by molar-refractivity contribution is 7.93. The summed E-state index contributed by atoms with van der Waals surface area (Å²) in [6.07, 6.45) is 5.93. The number of amides is 1. The predicted octanol–water partition coefficient (Wildman–Crippen LogP) is 1.55. The first-order valence-corrected chi connectivity index (χ1v) is 11.9. The van der Waals surface area contributed by atoms with Crippen LogP contribution in [-0.4, -0.2) is 52.2 Å². The predicted molar refractivity (Wildman–Crippen MR) is 123 cm³/mol. The van der Waals surface area contributed by atoms with Crippen LogP contribution in [0.5, 0.6) is 0 Å². The number of nitrogens with one attached hydrogen (secondary N) is 1. The van der Waals surface area contributed by atoms with Crippen molar-refractivity contribution >= 4 is 32.5 Å². The molecular formula is C21H25N5O6S. The van der Waals surface area contributed by atoms with Crippen LogP contribution in [0.4, 0.5) is 5.69 Å². The van der Waals surface area contributed by atoms with Gasteiger partial charge in [-0.05, 0) is 24.1 Å². The molecule has 12 heteroatoms. The van der Waals surface area contributed by atoms with Crippen LogP contribution < -0.4 is 10.9 Å². The van der Waals surface area contributed by atoms with E-state index in [1.807, 2.05) is 6.92 Å². The fourth-order valence-electron chi connectivity index (χ4n) is 3.57. The van der Waals surface area contributed by atoms with Gasteiger partial charge in [-0.3, -0.25) is 24.3 Å². The number of hydrogen-bond donors (Lipinski definition) is 1. The zero-order chi connectivity index (χ0) is 24.3. The minimum atomic E-state index is -3.67. The van der Waals surface area contributed by atoms with Crippen LogP contribution in [0.1, 0.15) is 20.8 Å². The van der Waals surface area contributed by atoms with Crippen LogP contribution in [0.25, 0.3) is 10.9 Å². The van der Waals surface area contributed by atoms with E-state index in [4.69, 9.17) is 0 Å². The summed E-state index contributed by atoms with van der Waals surface area (Å²) in [4.78, 5) is 39.8. The van der Waals surface area contributed by atoms with Crippen molar-refractivity contribution in [3.05, 3.63) is 68.1 Å². The van der Waals surface area contributed by atoms with Gasteiger partial charge in [-0.1, -0.05) is 26.8 Å². The topological polar surface area (TPSA) is 145 Å². The maximum absolute atomic E-state index is 12.8. The monoisotopic (exact) mass is 475 g/mol. The number of carbonyl (C=O) groups excluding carboxylic acids is 1. The maximum atomic E-state index is 12.8. The summed E-state index contributed by atoms with van der Waals surface area (Å²) in [6, 6.07) is 3.13. The summed E-state index contributed by atoms with van der Waals surface area (Å²) in [5.74, 6) is -0.653. The highest BCUT2D eigenvalue weighted by Crippen LogP contribution is 2.23. The smallest absolute Gasteiger partial charge is 0.271 e. The lowest BCUT2D eigenvalue weighted by atomic mass is 9.97. The molecule has 0 aliphatic heterocycles. The Morgan fingerprint density at radius 2 is 2.00 bits per heavy atom. The van der Waals surface area contributed by atoms with Gasteiger partial charge in [-0.2, -0.15) is 4.31 Å². The number of nitro benzene ring substituents is 1. The van der Waals surface area contributed by atoms with Gasteiger partial charge in [0.25, 0.3) is 11.2 Å². The average Bonchev–Trinajstić information content (AvgIpc) is 2.77. The van der Waals surface area contributed by atoms with Crippen LogP contribution in [-0.2, 0) is 21.4 Å². The van der Waals surface area contributed by atoms with Gasteiger partial charge in [-0.15, -0.1) is 0 Å². The van der Waals surface area contributed by atoms with Crippen LogP contribution in [0.3, 0.4) is 0 Å². The molecule has 1 aromatic carbocycles. The van der Waals surface area contributed by atoms with Crippen LogP contribution >= 0.6 is 0 Å². The summed E-state index contributed by atoms with van der Waals surface area (Å²) in [7, 11) is -3.67. The van der Waals surface area contributed by atoms with E-state index in [1.54, 1.807) is 19.9 Å². The molecule has 0 spiro atoms. The van der Waals surface area contributed by atoms with Gasteiger partial charge in [0.05, 0.1) is 33.1 Å². The SMILES string of the molecule is CCN(CC)S(=O)(=O)C1=CC(NC(=O)Cn2cnc3cc([N+](=O)[O-])ccc3c2=O)C(C)C=C1. The number of hydrogen-bond acceptors (Lipinski definition) is 7. The van der Waals surface area contributed by atoms with E-state index in [2.05, 4.69) is 10.3 Å². The fourth-order valence-corrected chi connectivity index (χ4v) is 5.11. The largest absolute Gasteiger partial charge is 0.348 e. The normalized spacial score (nSPS) is 18.4. The number of allylic oxidation sites excluding steroid dienone is 1. The molecule has 0 saturated heterocycles. The quantitative estimate of drug-likeness (QED) is 0.450. The van der Waals surface area contributed by atoms with E-state index in [9.17, 15) is 28.1 Å². The van der Waals surface area contributed by atoms with E-state index in [0.717, 1.165) is 10.9 Å². The van der Waals surface area contributed by atoms with Crippen molar-refractivity contribution in [1.29, 1.82) is 0 Å². The van der Waals surface area contributed by atoms with Crippen molar-refractivity contribution in [3.63, 3.8) is 0 Å². The standard InChI is InChI=1S/C21H25N5O6S/c1-4-25(5-2)33(31,32)16-8-6-14(3)18(11-16)23-20(27)12-24-13-22-19-10-15(26(29)30)7-9-17(19)21(24)28/h6-11,13-14,18H,4-5,12H2,1-3H3,(H,23,27). The number of benzene rings is 1. The molecule has 11 nitrogen and oxygen atoms in total. The Morgan fingerprint density at radius 1 is 1.30 bits per heavy atom. The number of nitro groups is 1. The summed E-state index contributed by atoms with van der Waals surface area (Å²) >= 11 is 0. The van der Waals surface area contributed by atoms with E-state index in [1.165, 1.54) is 34.7 Å². The number of sulfonamides is 1. The van der Waals surface area contributed by atoms with Gasteiger partial charge in [0.2, 0.25) is 15.9 Å². The first-order valence-electron chi connectivity index (χ1n) is 10.4. The molecular weight excluding hydrogens is 450 g/mol. The number of carbonyl (C=O) groups is 1. The van der Waals surface area contributed by atoms with Crippen molar-refractivity contribution in [2.45, 2.75) is 33.4 Å². The second-order valence-corrected chi connectivity index (χ2v) is 9.54. The number of fused-ring (bicyclic) bond motifs is 1. The number of rotatable bonds is 8. The van der Waals surface area contributed by atoms with Crippen LogP contribution in [0, 0.1) is 16.0 Å². The van der Waals surface area contributed by atoms with E-state index in [-0.39, 0.29) is 34.0 Å². The van der Waals surface area contributed by atoms with E-state index < -0.39 is 32.5 Å². The number of nitrogens with zero attached hydrogens (tertiary/aromatic N) is 4. The van der Waals surface area contributed by atoms with Gasteiger partial charge in [0.1, 0.15) is 6.54 Å². The molecule has 1 aliphatic rings. The van der Waals surface area contributed by atoms with E-state index >= 15 is 0 Å². The van der Waals surface area contributed by atoms with Gasteiger partial charge in [0.15, 0.2) is 0 Å². The lowest BCUT2D eigenvalue weighted by Crippen LogP contribution is -2.42. The lowest BCUT2D eigenvalue weighted by molar-refractivity contribution is -0.384. The molecule has 1 heterocycles. The van der Waals surface area contributed by atoms with Crippen molar-refractivity contribution in [2.24, 2.45) is 5.92 Å². The Balaban J connectivity index is 1.80. The Kier molecular flexibility index (Phi) is 7.08. The van der Waals surface area contributed by atoms with Crippen molar-refractivity contribution < 1.29 is 18.1 Å². The summed E-state index contributed by atoms with van der Waals surface area (Å²) in [5.41, 5.74) is -0.542. The zero-order valence-electron chi connectivity index (χ0n) is 18.5. The molecule has 2 aromatic rings. The summed E-state index contributed by atoms with van der Waals surface area (Å²) < 4.78 is 28.1.